The van der Waals surface area contributed by atoms with Crippen LogP contribution in [0.5, 0.6) is 0 Å². The van der Waals surface area contributed by atoms with Gasteiger partial charge in [-0.3, -0.25) is 19.2 Å². The van der Waals surface area contributed by atoms with Crippen LogP contribution in [-0.2, 0) is 66.6 Å². The van der Waals surface area contributed by atoms with Gasteiger partial charge in [-0.25, -0.2) is 4.79 Å². The molecule has 1 spiro atoms. The van der Waals surface area contributed by atoms with Crippen LogP contribution in [-0.4, -0.2) is 156 Å². The lowest BCUT2D eigenvalue weighted by atomic mass is 9.78. The summed E-state index contributed by atoms with van der Waals surface area (Å²) in [6, 6.07) is -0.971. The van der Waals surface area contributed by atoms with Crippen molar-refractivity contribution < 1.29 is 66.6 Å². The summed E-state index contributed by atoms with van der Waals surface area (Å²) in [6.07, 6.45) is 16.9. The summed E-state index contributed by atoms with van der Waals surface area (Å²) >= 11 is 0. The van der Waals surface area contributed by atoms with Crippen LogP contribution >= 0.6 is 0 Å². The third-order valence-electron chi connectivity index (χ3n) is 17.2. The SMILES string of the molecule is CO[C@@H]1/C(C)=C/[C@@H](C)C(=O)C[C@@H]([C@H](C)C[C@@H]2CC[C@@H](OC)[C@H](OC)C2)OC(=O)[C@@H]2CCCCN2C(=O)C(=O)[C@H]2C[C@]23O[C@@H](CC[C@H]3C)CC(OCCOC2COC2)/C(C)=C/C=C/C=C/[C@@H](C)C[C@@H](C)C(=O)[C@@H]1OC. The Balaban J connectivity index is 1.28. The summed E-state index contributed by atoms with van der Waals surface area (Å²) in [6.45, 7) is 16.0. The molecule has 0 N–H and O–H groups in total. The first-order chi connectivity index (χ1) is 35.4. The van der Waals surface area contributed by atoms with E-state index in [4.69, 9.17) is 42.6 Å². The zero-order valence-corrected chi connectivity index (χ0v) is 46.6. The maximum absolute atomic E-state index is 14.6. The molecule has 4 heterocycles. The molecule has 4 aliphatic heterocycles. The molecule has 0 aromatic carbocycles. The van der Waals surface area contributed by atoms with Crippen LogP contribution in [0.1, 0.15) is 132 Å². The van der Waals surface area contributed by atoms with E-state index in [-0.39, 0.29) is 84.6 Å². The maximum atomic E-state index is 14.6. The molecule has 2 saturated carbocycles. The van der Waals surface area contributed by atoms with Gasteiger partial charge in [-0.05, 0) is 119 Å². The van der Waals surface area contributed by atoms with Crippen molar-refractivity contribution in [1.29, 1.82) is 0 Å². The van der Waals surface area contributed by atoms with Crippen molar-refractivity contribution >= 4 is 29.2 Å². The minimum atomic E-state index is -0.971. The summed E-state index contributed by atoms with van der Waals surface area (Å²) in [7, 11) is 6.44. The van der Waals surface area contributed by atoms with Crippen molar-refractivity contribution in [3.8, 4) is 0 Å². The molecule has 5 fully saturated rings. The summed E-state index contributed by atoms with van der Waals surface area (Å²) in [5.41, 5.74) is 0.914. The van der Waals surface area contributed by atoms with Gasteiger partial charge in [0, 0.05) is 59.7 Å². The Labute approximate surface area is 442 Å². The van der Waals surface area contributed by atoms with Crippen molar-refractivity contribution in [3.05, 3.63) is 47.6 Å². The van der Waals surface area contributed by atoms with Crippen LogP contribution < -0.4 is 0 Å². The van der Waals surface area contributed by atoms with Crippen LogP contribution in [0.3, 0.4) is 0 Å². The van der Waals surface area contributed by atoms with Crippen molar-refractivity contribution in [2.24, 2.45) is 41.4 Å². The number of methoxy groups -OCH3 is 4. The molecule has 15 heteroatoms. The van der Waals surface area contributed by atoms with Gasteiger partial charge in [0.1, 0.15) is 36.2 Å². The fourth-order valence-electron chi connectivity index (χ4n) is 12.4. The van der Waals surface area contributed by atoms with Crippen molar-refractivity contribution in [1.82, 2.24) is 4.90 Å². The molecule has 1 unspecified atom stereocenters. The van der Waals surface area contributed by atoms with E-state index in [1.54, 1.807) is 21.1 Å². The zero-order chi connectivity index (χ0) is 53.7. The molecular formula is C59H91NO14. The van der Waals surface area contributed by atoms with Crippen LogP contribution in [0, 0.1) is 41.4 Å². The number of hydrogen-bond donors (Lipinski definition) is 0. The number of ether oxygens (including phenoxy) is 9. The number of fused-ring (bicyclic) bond motifs is 2. The van der Waals surface area contributed by atoms with E-state index in [9.17, 15) is 24.0 Å². The standard InChI is InChI=1S/C59H91NO14/c1-36-17-13-12-14-18-37(2)50(72-26-25-71-45-34-70-35-45)31-44-22-20-42(7)59(74-44)33-46(59)54(63)57(64)60-24-16-15-19-47(60)58(65)73-51(39(4)29-43-21-23-49(66-8)52(30-43)67-9)32-48(61)38(3)28-41(6)55(68-10)56(69-11)53(62)40(5)27-36/h12-14,17-18,28,36,38-40,42-47,49-52,55-56H,15-16,19-27,29-35H2,1-11H3/b14-12+,17-13+,37-18+,41-28+/t36-,38-,39-,40-,42-,43+,44+,46-,47+,49-,50?,51+,52-,55-,56+,59-/m1/s1. The molecule has 0 aromatic rings. The monoisotopic (exact) mass is 1040 g/mol. The number of nitrogens with zero attached hydrogens (tertiary/aromatic N) is 1. The van der Waals surface area contributed by atoms with E-state index in [0.717, 1.165) is 37.7 Å². The number of amides is 1. The normalized spacial score (nSPS) is 39.7. The van der Waals surface area contributed by atoms with Gasteiger partial charge in [0.05, 0.1) is 62.4 Å². The highest BCUT2D eigenvalue weighted by molar-refractivity contribution is 6.38. The lowest BCUT2D eigenvalue weighted by molar-refractivity contribution is -0.167. The van der Waals surface area contributed by atoms with Crippen LogP contribution in [0.15, 0.2) is 47.6 Å². The number of ketones is 3. The molecule has 6 aliphatic rings. The number of carbonyl (C=O) groups excluding carboxylic acids is 5. The number of cyclic esters (lactones) is 1. The van der Waals surface area contributed by atoms with Crippen molar-refractivity contribution in [3.63, 3.8) is 0 Å². The number of allylic oxidation sites excluding steroid dienone is 6. The van der Waals surface area contributed by atoms with Crippen LogP contribution in [0.25, 0.3) is 0 Å². The maximum Gasteiger partial charge on any atom is 0.329 e. The highest BCUT2D eigenvalue weighted by Crippen LogP contribution is 2.58. The largest absolute Gasteiger partial charge is 0.460 e. The smallest absolute Gasteiger partial charge is 0.329 e. The summed E-state index contributed by atoms with van der Waals surface area (Å²) in [5, 5.41) is 0. The number of piperidine rings is 1. The first-order valence-corrected chi connectivity index (χ1v) is 27.9. The van der Waals surface area contributed by atoms with Crippen molar-refractivity contribution in [2.45, 2.75) is 192 Å². The molecule has 2 bridgehead atoms. The Morgan fingerprint density at radius 2 is 1.50 bits per heavy atom. The first-order valence-electron chi connectivity index (χ1n) is 27.9. The van der Waals surface area contributed by atoms with Gasteiger partial charge >= 0.3 is 5.97 Å². The molecular weight excluding hydrogens is 947 g/mol. The Bertz CT molecular complexity index is 2010. The van der Waals surface area contributed by atoms with Crippen molar-refractivity contribution in [2.75, 3.05) is 61.4 Å². The Hall–Kier alpha value is -3.41. The van der Waals surface area contributed by atoms with Gasteiger partial charge in [0.2, 0.25) is 5.78 Å². The molecule has 16 atom stereocenters. The van der Waals surface area contributed by atoms with E-state index in [1.165, 1.54) is 19.1 Å². The molecule has 0 radical (unpaired) electrons. The fourth-order valence-corrected chi connectivity index (χ4v) is 12.4. The molecule has 0 aromatic heterocycles. The molecule has 74 heavy (non-hydrogen) atoms. The molecule has 3 saturated heterocycles. The topological polar surface area (TPSA) is 172 Å². The molecule has 15 nitrogen and oxygen atoms in total. The number of esters is 1. The second-order valence-electron chi connectivity index (χ2n) is 22.7. The van der Waals surface area contributed by atoms with Gasteiger partial charge in [-0.15, -0.1) is 0 Å². The molecule has 1 amide bonds. The van der Waals surface area contributed by atoms with E-state index in [0.29, 0.717) is 76.9 Å². The van der Waals surface area contributed by atoms with E-state index in [1.807, 2.05) is 58.1 Å². The number of carbonyl (C=O) groups is 5. The highest BCUT2D eigenvalue weighted by atomic mass is 16.6. The van der Waals surface area contributed by atoms with E-state index >= 15 is 0 Å². The Morgan fingerprint density at radius 3 is 2.19 bits per heavy atom. The van der Waals surface area contributed by atoms with Gasteiger partial charge in [-0.1, -0.05) is 71.1 Å². The second kappa shape index (κ2) is 28.3. The summed E-state index contributed by atoms with van der Waals surface area (Å²) < 4.78 is 54.4. The van der Waals surface area contributed by atoms with E-state index < -0.39 is 59.5 Å². The Morgan fingerprint density at radius 1 is 0.770 bits per heavy atom. The molecule has 2 aliphatic carbocycles. The quantitative estimate of drug-likeness (QED) is 0.0791. The minimum Gasteiger partial charge on any atom is -0.460 e. The highest BCUT2D eigenvalue weighted by Gasteiger charge is 2.66. The third kappa shape index (κ3) is 15.4. The number of Topliss-reactive ketones (excluding diaryl/α,β-unsaturated/α-hetero) is 3. The zero-order valence-electron chi connectivity index (χ0n) is 46.6. The average Bonchev–Trinajstić information content (AvgIpc) is 4.10. The summed E-state index contributed by atoms with van der Waals surface area (Å²) in [4.78, 5) is 73.5. The van der Waals surface area contributed by atoms with Crippen LogP contribution in [0.2, 0.25) is 0 Å². The Kier molecular flexibility index (Phi) is 22.9. The second-order valence-corrected chi connectivity index (χ2v) is 22.7. The van der Waals surface area contributed by atoms with E-state index in [2.05, 4.69) is 19.9 Å². The first kappa shape index (κ1) is 59.8. The summed E-state index contributed by atoms with van der Waals surface area (Å²) in [5.74, 6) is -3.50. The average molecular weight is 1040 g/mol. The van der Waals surface area contributed by atoms with Gasteiger partial charge in [0.15, 0.2) is 5.78 Å². The van der Waals surface area contributed by atoms with Gasteiger partial charge in [-0.2, -0.15) is 0 Å². The molecule has 6 rings (SSSR count). The number of hydrogen-bond acceptors (Lipinski definition) is 14. The van der Waals surface area contributed by atoms with Gasteiger partial charge < -0.3 is 47.5 Å². The molecule has 416 valence electrons. The predicted molar refractivity (Wildman–Crippen MR) is 280 cm³/mol. The lowest BCUT2D eigenvalue weighted by Crippen LogP contribution is -2.53. The lowest BCUT2D eigenvalue weighted by Gasteiger charge is -2.38. The fraction of sp³-hybridized carbons (Fsp3) is 0.780. The predicted octanol–water partition coefficient (Wildman–Crippen LogP) is 8.34. The minimum absolute atomic E-state index is 0.00759. The number of rotatable bonds is 12. The van der Waals surface area contributed by atoms with Crippen LogP contribution in [0.4, 0.5) is 0 Å². The third-order valence-corrected chi connectivity index (χ3v) is 17.2. The van der Waals surface area contributed by atoms with Gasteiger partial charge in [0.25, 0.3) is 5.91 Å².